The van der Waals surface area contributed by atoms with E-state index in [0.717, 1.165) is 0 Å². The normalized spacial score (nSPS) is 15.9. The van der Waals surface area contributed by atoms with Crippen LogP contribution in [0.25, 0.3) is 10.9 Å². The summed E-state index contributed by atoms with van der Waals surface area (Å²) in [5.41, 5.74) is 5.48. The van der Waals surface area contributed by atoms with Crippen LogP contribution in [0, 0.1) is 5.92 Å². The molecule has 3 rings (SSSR count). The molecular formula is C15H16N4O3. The molecule has 2 aromatic rings. The lowest BCUT2D eigenvalue weighted by Gasteiger charge is -2.30. The summed E-state index contributed by atoms with van der Waals surface area (Å²) in [6.07, 6.45) is 1.09. The van der Waals surface area contributed by atoms with Crippen molar-refractivity contribution in [1.29, 1.82) is 0 Å². The summed E-state index contributed by atoms with van der Waals surface area (Å²) in [5.74, 6) is -0.801. The Balaban J connectivity index is 1.90. The number of para-hydroxylation sites is 1. The van der Waals surface area contributed by atoms with E-state index in [1.54, 1.807) is 29.2 Å². The van der Waals surface area contributed by atoms with Gasteiger partial charge in [0.15, 0.2) is 0 Å². The maximum absolute atomic E-state index is 12.6. The minimum Gasteiger partial charge on any atom is -0.369 e. The highest BCUT2D eigenvalue weighted by molar-refractivity contribution is 6.04. The van der Waals surface area contributed by atoms with Crippen molar-refractivity contribution in [1.82, 2.24) is 14.9 Å². The number of aromatic nitrogens is 2. The molecule has 1 fully saturated rings. The highest BCUT2D eigenvalue weighted by atomic mass is 16.2. The van der Waals surface area contributed by atoms with E-state index in [-0.39, 0.29) is 23.4 Å². The van der Waals surface area contributed by atoms with Crippen molar-refractivity contribution >= 4 is 22.7 Å². The summed E-state index contributed by atoms with van der Waals surface area (Å²) in [7, 11) is 0. The smallest absolute Gasteiger partial charge is 0.346 e. The van der Waals surface area contributed by atoms with Gasteiger partial charge in [0.1, 0.15) is 5.69 Å². The summed E-state index contributed by atoms with van der Waals surface area (Å²) >= 11 is 0. The molecule has 7 nitrogen and oxygen atoms in total. The molecule has 1 aromatic heterocycles. The van der Waals surface area contributed by atoms with E-state index in [9.17, 15) is 14.4 Å². The lowest BCUT2D eigenvalue weighted by molar-refractivity contribution is -0.123. The van der Waals surface area contributed by atoms with Crippen molar-refractivity contribution in [2.75, 3.05) is 13.1 Å². The number of nitrogens with two attached hydrogens (primary N) is 1. The number of benzene rings is 1. The minimum atomic E-state index is -0.547. The average Bonchev–Trinajstić information content (AvgIpc) is 2.53. The zero-order valence-corrected chi connectivity index (χ0v) is 11.9. The van der Waals surface area contributed by atoms with Crippen molar-refractivity contribution in [3.05, 3.63) is 40.4 Å². The summed E-state index contributed by atoms with van der Waals surface area (Å²) < 4.78 is 0. The zero-order chi connectivity index (χ0) is 15.7. The highest BCUT2D eigenvalue weighted by Crippen LogP contribution is 2.20. The number of nitrogens with one attached hydrogen (secondary N) is 1. The fourth-order valence-corrected chi connectivity index (χ4v) is 2.78. The Hall–Kier alpha value is -2.70. The van der Waals surface area contributed by atoms with Crippen LogP contribution in [0.15, 0.2) is 29.1 Å². The second-order valence-corrected chi connectivity index (χ2v) is 5.40. The molecule has 0 radical (unpaired) electrons. The third kappa shape index (κ3) is 2.57. The molecule has 1 aliphatic heterocycles. The van der Waals surface area contributed by atoms with Crippen molar-refractivity contribution in [2.24, 2.45) is 11.7 Å². The number of piperidine rings is 1. The first-order valence-corrected chi connectivity index (χ1v) is 7.14. The second-order valence-electron chi connectivity index (χ2n) is 5.40. The number of primary amides is 1. The largest absolute Gasteiger partial charge is 0.369 e. The van der Waals surface area contributed by atoms with Crippen molar-refractivity contribution < 1.29 is 9.59 Å². The Morgan fingerprint density at radius 3 is 2.59 bits per heavy atom. The van der Waals surface area contributed by atoms with Gasteiger partial charge in [-0.15, -0.1) is 0 Å². The first kappa shape index (κ1) is 14.2. The monoisotopic (exact) mass is 300 g/mol. The predicted octanol–water partition coefficient (Wildman–Crippen LogP) is 0.261. The van der Waals surface area contributed by atoms with Crippen LogP contribution in [-0.2, 0) is 4.79 Å². The van der Waals surface area contributed by atoms with Crippen LogP contribution in [0.1, 0.15) is 23.3 Å². The molecule has 0 bridgehead atoms. The Morgan fingerprint density at radius 2 is 1.91 bits per heavy atom. The highest BCUT2D eigenvalue weighted by Gasteiger charge is 2.28. The van der Waals surface area contributed by atoms with Crippen LogP contribution in [-0.4, -0.2) is 39.8 Å². The molecule has 1 aliphatic rings. The number of carbonyl (C=O) groups is 2. The van der Waals surface area contributed by atoms with E-state index < -0.39 is 5.69 Å². The van der Waals surface area contributed by atoms with Crippen molar-refractivity contribution in [2.45, 2.75) is 12.8 Å². The van der Waals surface area contributed by atoms with Gasteiger partial charge in [-0.05, 0) is 18.9 Å². The van der Waals surface area contributed by atoms with Crippen LogP contribution in [0.3, 0.4) is 0 Å². The first-order valence-electron chi connectivity index (χ1n) is 7.14. The van der Waals surface area contributed by atoms with E-state index in [2.05, 4.69) is 9.97 Å². The quantitative estimate of drug-likeness (QED) is 0.829. The number of likely N-dealkylation sites (tertiary alicyclic amines) is 1. The SMILES string of the molecule is NC(=O)C1CCN(C(=O)c2nc(=O)[nH]c3ccccc23)CC1. The number of fused-ring (bicyclic) bond motifs is 1. The van der Waals surface area contributed by atoms with Crippen molar-refractivity contribution in [3.63, 3.8) is 0 Å². The van der Waals surface area contributed by atoms with Gasteiger partial charge in [0.25, 0.3) is 5.91 Å². The van der Waals surface area contributed by atoms with Gasteiger partial charge in [0, 0.05) is 24.4 Å². The maximum atomic E-state index is 12.6. The predicted molar refractivity (Wildman–Crippen MR) is 80.2 cm³/mol. The van der Waals surface area contributed by atoms with E-state index >= 15 is 0 Å². The molecule has 114 valence electrons. The lowest BCUT2D eigenvalue weighted by atomic mass is 9.96. The fraction of sp³-hybridized carbons (Fsp3) is 0.333. The molecule has 0 atom stereocenters. The van der Waals surface area contributed by atoms with Gasteiger partial charge in [0.05, 0.1) is 5.52 Å². The van der Waals surface area contributed by atoms with Crippen LogP contribution in [0.4, 0.5) is 0 Å². The number of rotatable bonds is 2. The molecular weight excluding hydrogens is 284 g/mol. The molecule has 2 amide bonds. The Kier molecular flexibility index (Phi) is 3.62. The van der Waals surface area contributed by atoms with E-state index in [1.807, 2.05) is 0 Å². The van der Waals surface area contributed by atoms with Gasteiger partial charge in [-0.25, -0.2) is 4.79 Å². The second kappa shape index (κ2) is 5.59. The number of aromatic amines is 1. The lowest BCUT2D eigenvalue weighted by Crippen LogP contribution is -2.42. The van der Waals surface area contributed by atoms with Gasteiger partial charge in [0.2, 0.25) is 5.91 Å². The van der Waals surface area contributed by atoms with Crippen molar-refractivity contribution in [3.8, 4) is 0 Å². The van der Waals surface area contributed by atoms with Gasteiger partial charge < -0.3 is 15.6 Å². The molecule has 0 saturated carbocycles. The molecule has 7 heteroatoms. The first-order chi connectivity index (χ1) is 10.6. The van der Waals surface area contributed by atoms with Gasteiger partial charge in [-0.1, -0.05) is 18.2 Å². The van der Waals surface area contributed by atoms with E-state index in [1.165, 1.54) is 0 Å². The molecule has 3 N–H and O–H groups in total. The van der Waals surface area contributed by atoms with Crippen LogP contribution in [0.2, 0.25) is 0 Å². The standard InChI is InChI=1S/C15H16N4O3/c16-13(20)9-5-7-19(8-6-9)14(21)12-10-3-1-2-4-11(10)17-15(22)18-12/h1-4,9H,5-8H2,(H2,16,20)(H,17,18,22). The van der Waals surface area contributed by atoms with Gasteiger partial charge >= 0.3 is 5.69 Å². The Bertz CT molecular complexity index is 791. The maximum Gasteiger partial charge on any atom is 0.346 e. The summed E-state index contributed by atoms with van der Waals surface area (Å²) in [6.45, 7) is 0.879. The molecule has 0 unspecified atom stereocenters. The summed E-state index contributed by atoms with van der Waals surface area (Å²) in [5, 5.41) is 0.615. The average molecular weight is 300 g/mol. The van der Waals surface area contributed by atoms with Crippen LogP contribution >= 0.6 is 0 Å². The summed E-state index contributed by atoms with van der Waals surface area (Å²) in [4.78, 5) is 43.5. The van der Waals surface area contributed by atoms with E-state index in [4.69, 9.17) is 5.73 Å². The molecule has 1 saturated heterocycles. The minimum absolute atomic E-state index is 0.150. The Labute approximate surface area is 126 Å². The molecule has 1 aromatic carbocycles. The number of hydrogen-bond donors (Lipinski definition) is 2. The summed E-state index contributed by atoms with van der Waals surface area (Å²) in [6, 6.07) is 7.06. The van der Waals surface area contributed by atoms with Crippen LogP contribution < -0.4 is 11.4 Å². The topological polar surface area (TPSA) is 109 Å². The number of hydrogen-bond acceptors (Lipinski definition) is 4. The number of carbonyl (C=O) groups excluding carboxylic acids is 2. The van der Waals surface area contributed by atoms with Gasteiger partial charge in [-0.2, -0.15) is 4.98 Å². The third-order valence-electron chi connectivity index (χ3n) is 4.02. The molecule has 22 heavy (non-hydrogen) atoms. The van der Waals surface area contributed by atoms with E-state index in [0.29, 0.717) is 36.8 Å². The molecule has 2 heterocycles. The van der Waals surface area contributed by atoms with Gasteiger partial charge in [-0.3, -0.25) is 9.59 Å². The fourth-order valence-electron chi connectivity index (χ4n) is 2.78. The van der Waals surface area contributed by atoms with Crippen LogP contribution in [0.5, 0.6) is 0 Å². The number of amides is 2. The zero-order valence-electron chi connectivity index (χ0n) is 11.9. The molecule has 0 aliphatic carbocycles. The number of nitrogens with zero attached hydrogens (tertiary/aromatic N) is 2. The number of H-pyrrole nitrogens is 1. The third-order valence-corrected chi connectivity index (χ3v) is 4.02. The molecule has 0 spiro atoms. The Morgan fingerprint density at radius 1 is 1.23 bits per heavy atom.